The maximum Gasteiger partial charge on any atom is 0.243 e. The monoisotopic (exact) mass is 406 g/mol. The van der Waals surface area contributed by atoms with E-state index < -0.39 is 10.0 Å². The van der Waals surface area contributed by atoms with Gasteiger partial charge in [0.25, 0.3) is 0 Å². The first-order valence-electron chi connectivity index (χ1n) is 9.61. The highest BCUT2D eigenvalue weighted by Gasteiger charge is 2.32. The summed E-state index contributed by atoms with van der Waals surface area (Å²) in [5, 5.41) is 7.86. The molecule has 2 aromatic rings. The highest BCUT2D eigenvalue weighted by molar-refractivity contribution is 7.89. The summed E-state index contributed by atoms with van der Waals surface area (Å²) >= 11 is 0. The summed E-state index contributed by atoms with van der Waals surface area (Å²) in [5.41, 5.74) is 2.76. The Morgan fingerprint density at radius 2 is 1.57 bits per heavy atom. The molecule has 8 heteroatoms. The zero-order chi connectivity index (χ0) is 20.7. The van der Waals surface area contributed by atoms with Gasteiger partial charge in [-0.25, -0.2) is 8.42 Å². The van der Waals surface area contributed by atoms with E-state index in [9.17, 15) is 8.42 Å². The SMILES string of the molecule is Cc1nnc(CN2CCN(S(=O)(=O)c3c(C)cc(C(C)(C)C)cc3C)CC2)o1. The third-order valence-electron chi connectivity index (χ3n) is 5.18. The van der Waals surface area contributed by atoms with Crippen LogP contribution in [0.25, 0.3) is 0 Å². The number of hydrogen-bond donors (Lipinski definition) is 0. The van der Waals surface area contributed by atoms with Crippen molar-refractivity contribution in [3.8, 4) is 0 Å². The van der Waals surface area contributed by atoms with Gasteiger partial charge in [0.1, 0.15) is 0 Å². The first-order chi connectivity index (χ1) is 13.0. The molecule has 0 bridgehead atoms. The van der Waals surface area contributed by atoms with Crippen molar-refractivity contribution >= 4 is 10.0 Å². The van der Waals surface area contributed by atoms with Crippen molar-refractivity contribution in [3.63, 3.8) is 0 Å². The topological polar surface area (TPSA) is 79.5 Å². The molecule has 2 heterocycles. The molecule has 0 aliphatic carbocycles. The molecule has 0 spiro atoms. The van der Waals surface area contributed by atoms with Crippen LogP contribution in [0.3, 0.4) is 0 Å². The van der Waals surface area contributed by atoms with E-state index in [1.165, 1.54) is 0 Å². The minimum Gasteiger partial charge on any atom is -0.424 e. The molecule has 1 aliphatic heterocycles. The zero-order valence-corrected chi connectivity index (χ0v) is 18.4. The number of benzene rings is 1. The van der Waals surface area contributed by atoms with Gasteiger partial charge in [0.2, 0.25) is 21.8 Å². The molecule has 0 N–H and O–H groups in total. The largest absolute Gasteiger partial charge is 0.424 e. The Balaban J connectivity index is 1.75. The normalized spacial score (nSPS) is 17.2. The summed E-state index contributed by atoms with van der Waals surface area (Å²) in [4.78, 5) is 2.59. The number of rotatable bonds is 4. The second kappa shape index (κ2) is 7.57. The quantitative estimate of drug-likeness (QED) is 0.777. The van der Waals surface area contributed by atoms with Crippen LogP contribution in [0.5, 0.6) is 0 Å². The van der Waals surface area contributed by atoms with Crippen molar-refractivity contribution in [1.29, 1.82) is 0 Å². The molecule has 1 fully saturated rings. The molecule has 0 amide bonds. The summed E-state index contributed by atoms with van der Waals surface area (Å²) in [6.45, 7) is 14.7. The molecule has 28 heavy (non-hydrogen) atoms. The molecule has 154 valence electrons. The van der Waals surface area contributed by atoms with Crippen molar-refractivity contribution in [2.24, 2.45) is 0 Å². The molecular formula is C20H30N4O3S. The van der Waals surface area contributed by atoms with Crippen LogP contribution in [-0.2, 0) is 22.0 Å². The fraction of sp³-hybridized carbons (Fsp3) is 0.600. The molecule has 0 atom stereocenters. The summed E-state index contributed by atoms with van der Waals surface area (Å²) in [6, 6.07) is 4.02. The Hall–Kier alpha value is -1.77. The van der Waals surface area contributed by atoms with Crippen LogP contribution in [0.1, 0.15) is 49.2 Å². The first-order valence-corrected chi connectivity index (χ1v) is 11.1. The van der Waals surface area contributed by atoms with Gasteiger partial charge < -0.3 is 4.42 Å². The Morgan fingerprint density at radius 3 is 2.04 bits per heavy atom. The number of aryl methyl sites for hydroxylation is 3. The molecule has 7 nitrogen and oxygen atoms in total. The first kappa shape index (κ1) is 21.0. The van der Waals surface area contributed by atoms with Crippen LogP contribution in [-0.4, -0.2) is 54.0 Å². The summed E-state index contributed by atoms with van der Waals surface area (Å²) < 4.78 is 33.7. The van der Waals surface area contributed by atoms with Crippen LogP contribution in [0.15, 0.2) is 21.4 Å². The number of hydrogen-bond acceptors (Lipinski definition) is 6. The maximum absolute atomic E-state index is 13.3. The Bertz CT molecular complexity index is 929. The van der Waals surface area contributed by atoms with Crippen molar-refractivity contribution in [1.82, 2.24) is 19.4 Å². The molecule has 1 aromatic carbocycles. The van der Waals surface area contributed by atoms with E-state index in [4.69, 9.17) is 4.42 Å². The average Bonchev–Trinajstić information content (AvgIpc) is 2.98. The molecule has 1 aromatic heterocycles. The third kappa shape index (κ3) is 4.29. The molecule has 1 saturated heterocycles. The Kier molecular flexibility index (Phi) is 5.67. The third-order valence-corrected chi connectivity index (χ3v) is 7.39. The lowest BCUT2D eigenvalue weighted by Gasteiger charge is -2.34. The number of piperazine rings is 1. The predicted molar refractivity (Wildman–Crippen MR) is 108 cm³/mol. The Morgan fingerprint density at radius 1 is 1.00 bits per heavy atom. The van der Waals surface area contributed by atoms with Crippen molar-refractivity contribution in [2.75, 3.05) is 26.2 Å². The van der Waals surface area contributed by atoms with E-state index in [1.807, 2.05) is 26.0 Å². The Labute approximate surface area is 167 Å². The smallest absolute Gasteiger partial charge is 0.243 e. The van der Waals surface area contributed by atoms with Crippen LogP contribution in [0.2, 0.25) is 0 Å². The van der Waals surface area contributed by atoms with E-state index >= 15 is 0 Å². The van der Waals surface area contributed by atoms with Crippen LogP contribution in [0.4, 0.5) is 0 Å². The van der Waals surface area contributed by atoms with Gasteiger partial charge in [0.05, 0.1) is 11.4 Å². The second-order valence-electron chi connectivity index (χ2n) is 8.58. The van der Waals surface area contributed by atoms with Gasteiger partial charge in [-0.05, 0) is 36.0 Å². The molecular weight excluding hydrogens is 376 g/mol. The highest BCUT2D eigenvalue weighted by Crippen LogP contribution is 2.31. The number of aromatic nitrogens is 2. The van der Waals surface area contributed by atoms with E-state index in [2.05, 4.69) is 35.9 Å². The van der Waals surface area contributed by atoms with E-state index in [0.29, 0.717) is 49.4 Å². The van der Waals surface area contributed by atoms with Crippen LogP contribution in [0, 0.1) is 20.8 Å². The summed E-state index contributed by atoms with van der Waals surface area (Å²) in [7, 11) is -3.52. The van der Waals surface area contributed by atoms with Gasteiger partial charge in [-0.1, -0.05) is 32.9 Å². The lowest BCUT2D eigenvalue weighted by atomic mass is 9.85. The predicted octanol–water partition coefficient (Wildman–Crippen LogP) is 2.80. The highest BCUT2D eigenvalue weighted by atomic mass is 32.2. The molecule has 0 saturated carbocycles. The van der Waals surface area contributed by atoms with Crippen LogP contribution < -0.4 is 0 Å². The van der Waals surface area contributed by atoms with Crippen molar-refractivity contribution in [3.05, 3.63) is 40.6 Å². The van der Waals surface area contributed by atoms with E-state index in [0.717, 1.165) is 16.7 Å². The van der Waals surface area contributed by atoms with Gasteiger partial charge in [0, 0.05) is 33.1 Å². The van der Waals surface area contributed by atoms with E-state index in [1.54, 1.807) is 11.2 Å². The summed E-state index contributed by atoms with van der Waals surface area (Å²) in [6.07, 6.45) is 0. The molecule has 0 unspecified atom stereocenters. The van der Waals surface area contributed by atoms with Gasteiger partial charge in [0.15, 0.2) is 0 Å². The maximum atomic E-state index is 13.3. The van der Waals surface area contributed by atoms with E-state index in [-0.39, 0.29) is 5.41 Å². The lowest BCUT2D eigenvalue weighted by Crippen LogP contribution is -2.48. The van der Waals surface area contributed by atoms with Gasteiger partial charge in [-0.15, -0.1) is 10.2 Å². The minimum absolute atomic E-state index is 0.0173. The average molecular weight is 407 g/mol. The molecule has 3 rings (SSSR count). The fourth-order valence-electron chi connectivity index (χ4n) is 3.64. The molecule has 0 radical (unpaired) electrons. The minimum atomic E-state index is -3.52. The summed E-state index contributed by atoms with van der Waals surface area (Å²) in [5.74, 6) is 1.11. The van der Waals surface area contributed by atoms with Crippen LogP contribution >= 0.6 is 0 Å². The standard InChI is InChI=1S/C20H30N4O3S/c1-14-11-17(20(4,5)6)12-15(2)19(14)28(25,26)24-9-7-23(8-10-24)13-18-22-21-16(3)27-18/h11-12H,7-10,13H2,1-6H3. The van der Waals surface area contributed by atoms with Gasteiger partial charge in [-0.2, -0.15) is 4.31 Å². The lowest BCUT2D eigenvalue weighted by molar-refractivity contribution is 0.167. The van der Waals surface area contributed by atoms with Gasteiger partial charge in [-0.3, -0.25) is 4.90 Å². The fourth-order valence-corrected chi connectivity index (χ4v) is 5.47. The zero-order valence-electron chi connectivity index (χ0n) is 17.6. The van der Waals surface area contributed by atoms with Crippen molar-refractivity contribution < 1.29 is 12.8 Å². The number of nitrogens with zero attached hydrogens (tertiary/aromatic N) is 4. The second-order valence-corrected chi connectivity index (χ2v) is 10.5. The molecule has 1 aliphatic rings. The van der Waals surface area contributed by atoms with Gasteiger partial charge >= 0.3 is 0 Å². The van der Waals surface area contributed by atoms with Crippen molar-refractivity contribution in [2.45, 2.75) is 58.4 Å². The number of sulfonamides is 1.